The average molecular weight is 274 g/mol. The van der Waals surface area contributed by atoms with Crippen molar-refractivity contribution in [3.05, 3.63) is 23.3 Å². The molecule has 7 heteroatoms. The van der Waals surface area contributed by atoms with E-state index in [9.17, 15) is 13.2 Å². The summed E-state index contributed by atoms with van der Waals surface area (Å²) in [6.45, 7) is 6.94. The predicted octanol–water partition coefficient (Wildman–Crippen LogP) is 1.60. The Labute approximate surface area is 110 Å². The van der Waals surface area contributed by atoms with Crippen molar-refractivity contribution in [1.29, 1.82) is 0 Å². The van der Waals surface area contributed by atoms with Crippen molar-refractivity contribution in [1.82, 2.24) is 20.2 Å². The van der Waals surface area contributed by atoms with Gasteiger partial charge in [0.05, 0.1) is 0 Å². The Morgan fingerprint density at radius 3 is 2.79 bits per heavy atom. The van der Waals surface area contributed by atoms with Gasteiger partial charge in [-0.1, -0.05) is 0 Å². The molecule has 1 aliphatic rings. The zero-order chi connectivity index (χ0) is 14.0. The van der Waals surface area contributed by atoms with Gasteiger partial charge >= 0.3 is 6.18 Å². The van der Waals surface area contributed by atoms with Gasteiger partial charge in [0.2, 0.25) is 5.82 Å². The van der Waals surface area contributed by atoms with E-state index in [1.54, 1.807) is 6.92 Å². The monoisotopic (exact) mass is 274 g/mol. The molecule has 1 saturated heterocycles. The summed E-state index contributed by atoms with van der Waals surface area (Å²) in [6, 6.07) is 0.357. The first-order valence-electron chi connectivity index (χ1n) is 6.22. The van der Waals surface area contributed by atoms with Crippen LogP contribution in [0.2, 0.25) is 0 Å². The van der Waals surface area contributed by atoms with Crippen molar-refractivity contribution in [3.63, 3.8) is 0 Å². The molecular weight excluding hydrogens is 257 g/mol. The van der Waals surface area contributed by atoms with Gasteiger partial charge in [0.1, 0.15) is 0 Å². The molecule has 1 fully saturated rings. The zero-order valence-electron chi connectivity index (χ0n) is 11.0. The standard InChI is InChI=1S/C12H17F3N4/c1-8-5-16-3-4-19(8)7-10-6-17-11(12(13,14)15)18-9(10)2/h6,8,16H,3-5,7H2,1-2H3/t8-/m1/s1. The van der Waals surface area contributed by atoms with Gasteiger partial charge in [-0.15, -0.1) is 0 Å². The van der Waals surface area contributed by atoms with Gasteiger partial charge in [0.25, 0.3) is 0 Å². The minimum atomic E-state index is -4.48. The van der Waals surface area contributed by atoms with Gasteiger partial charge in [-0.3, -0.25) is 4.90 Å². The summed E-state index contributed by atoms with van der Waals surface area (Å²) in [5.74, 6) is -1.07. The van der Waals surface area contributed by atoms with E-state index >= 15 is 0 Å². The van der Waals surface area contributed by atoms with Gasteiger partial charge in [0, 0.05) is 49.7 Å². The van der Waals surface area contributed by atoms with E-state index in [2.05, 4.69) is 27.1 Å². The highest BCUT2D eigenvalue weighted by Gasteiger charge is 2.35. The Morgan fingerprint density at radius 1 is 1.47 bits per heavy atom. The summed E-state index contributed by atoms with van der Waals surface area (Å²) in [6.07, 6.45) is -3.19. The molecule has 2 heterocycles. The number of hydrogen-bond donors (Lipinski definition) is 1. The van der Waals surface area contributed by atoms with Crippen LogP contribution in [0.3, 0.4) is 0 Å². The van der Waals surface area contributed by atoms with E-state index < -0.39 is 12.0 Å². The predicted molar refractivity (Wildman–Crippen MR) is 64.5 cm³/mol. The first-order chi connectivity index (χ1) is 8.88. The van der Waals surface area contributed by atoms with Crippen molar-refractivity contribution in [2.75, 3.05) is 19.6 Å². The molecule has 0 saturated carbocycles. The van der Waals surface area contributed by atoms with E-state index in [1.807, 2.05) is 0 Å². The van der Waals surface area contributed by atoms with Crippen LogP contribution in [0.4, 0.5) is 13.2 Å². The highest BCUT2D eigenvalue weighted by Crippen LogP contribution is 2.26. The summed E-state index contributed by atoms with van der Waals surface area (Å²) < 4.78 is 37.4. The summed E-state index contributed by atoms with van der Waals surface area (Å²) in [7, 11) is 0. The largest absolute Gasteiger partial charge is 0.451 e. The lowest BCUT2D eigenvalue weighted by Gasteiger charge is -2.34. The Balaban J connectivity index is 2.13. The Kier molecular flexibility index (Phi) is 4.05. The van der Waals surface area contributed by atoms with Crippen LogP contribution in [0, 0.1) is 6.92 Å². The van der Waals surface area contributed by atoms with E-state index in [0.29, 0.717) is 18.3 Å². The molecule has 1 aromatic heterocycles. The summed E-state index contributed by atoms with van der Waals surface area (Å²) in [5, 5.41) is 3.27. The number of aromatic nitrogens is 2. The molecule has 106 valence electrons. The molecule has 0 spiro atoms. The Hall–Kier alpha value is -1.21. The molecular formula is C12H17F3N4. The Bertz CT molecular complexity index is 447. The van der Waals surface area contributed by atoms with E-state index in [4.69, 9.17) is 0 Å². The van der Waals surface area contributed by atoms with Gasteiger partial charge in [-0.05, 0) is 13.8 Å². The number of rotatable bonds is 2. The second-order valence-electron chi connectivity index (χ2n) is 4.83. The number of piperazine rings is 1. The van der Waals surface area contributed by atoms with E-state index in [0.717, 1.165) is 25.2 Å². The third kappa shape index (κ3) is 3.42. The summed E-state index contributed by atoms with van der Waals surface area (Å²) in [5.41, 5.74) is 1.15. The van der Waals surface area contributed by atoms with Gasteiger partial charge < -0.3 is 5.32 Å². The molecule has 0 aliphatic carbocycles. The highest BCUT2D eigenvalue weighted by molar-refractivity contribution is 5.17. The van der Waals surface area contributed by atoms with E-state index in [1.165, 1.54) is 6.20 Å². The van der Waals surface area contributed by atoms with E-state index in [-0.39, 0.29) is 0 Å². The fourth-order valence-electron chi connectivity index (χ4n) is 2.12. The fourth-order valence-corrected chi connectivity index (χ4v) is 2.12. The van der Waals surface area contributed by atoms with Crippen LogP contribution in [0.25, 0.3) is 0 Å². The molecule has 1 atom stereocenters. The van der Waals surface area contributed by atoms with Crippen LogP contribution in [0.5, 0.6) is 0 Å². The molecule has 1 aliphatic heterocycles. The second kappa shape index (κ2) is 5.42. The molecule has 1 aromatic rings. The molecule has 19 heavy (non-hydrogen) atoms. The van der Waals surface area contributed by atoms with Crippen LogP contribution in [0.1, 0.15) is 24.0 Å². The lowest BCUT2D eigenvalue weighted by molar-refractivity contribution is -0.145. The number of alkyl halides is 3. The molecule has 1 N–H and O–H groups in total. The van der Waals surface area contributed by atoms with Crippen LogP contribution in [-0.4, -0.2) is 40.5 Å². The highest BCUT2D eigenvalue weighted by atomic mass is 19.4. The van der Waals surface area contributed by atoms with Gasteiger partial charge in [0.15, 0.2) is 0 Å². The van der Waals surface area contributed by atoms with Crippen molar-refractivity contribution in [3.8, 4) is 0 Å². The van der Waals surface area contributed by atoms with Crippen molar-refractivity contribution >= 4 is 0 Å². The minimum absolute atomic E-state index is 0.357. The zero-order valence-corrected chi connectivity index (χ0v) is 11.0. The maximum atomic E-state index is 12.5. The van der Waals surface area contributed by atoms with Crippen molar-refractivity contribution < 1.29 is 13.2 Å². The first kappa shape index (κ1) is 14.2. The lowest BCUT2D eigenvalue weighted by atomic mass is 10.1. The maximum absolute atomic E-state index is 12.5. The molecule has 0 aromatic carbocycles. The molecule has 2 rings (SSSR count). The number of nitrogens with one attached hydrogen (secondary N) is 1. The average Bonchev–Trinajstić information content (AvgIpc) is 2.33. The number of hydrogen-bond acceptors (Lipinski definition) is 4. The first-order valence-corrected chi connectivity index (χ1v) is 6.22. The molecule has 0 amide bonds. The SMILES string of the molecule is Cc1nc(C(F)(F)F)ncc1CN1CCNC[C@H]1C. The van der Waals surface area contributed by atoms with Crippen LogP contribution < -0.4 is 5.32 Å². The summed E-state index contributed by atoms with van der Waals surface area (Å²) in [4.78, 5) is 9.20. The lowest BCUT2D eigenvalue weighted by Crippen LogP contribution is -2.49. The summed E-state index contributed by atoms with van der Waals surface area (Å²) >= 11 is 0. The van der Waals surface area contributed by atoms with Crippen LogP contribution in [0.15, 0.2) is 6.20 Å². The number of nitrogens with zero attached hydrogens (tertiary/aromatic N) is 3. The molecule has 0 radical (unpaired) electrons. The second-order valence-corrected chi connectivity index (χ2v) is 4.83. The molecule has 0 unspecified atom stereocenters. The topological polar surface area (TPSA) is 41.1 Å². The normalized spacial score (nSPS) is 21.6. The molecule has 4 nitrogen and oxygen atoms in total. The van der Waals surface area contributed by atoms with Crippen molar-refractivity contribution in [2.45, 2.75) is 32.6 Å². The third-order valence-corrected chi connectivity index (χ3v) is 3.35. The van der Waals surface area contributed by atoms with Gasteiger partial charge in [-0.25, -0.2) is 9.97 Å². The smallest absolute Gasteiger partial charge is 0.314 e. The third-order valence-electron chi connectivity index (χ3n) is 3.35. The number of aryl methyl sites for hydroxylation is 1. The van der Waals surface area contributed by atoms with Crippen LogP contribution >= 0.6 is 0 Å². The fraction of sp³-hybridized carbons (Fsp3) is 0.667. The quantitative estimate of drug-likeness (QED) is 0.889. The Morgan fingerprint density at radius 2 is 2.21 bits per heavy atom. The number of halogens is 3. The maximum Gasteiger partial charge on any atom is 0.451 e. The van der Waals surface area contributed by atoms with Crippen LogP contribution in [-0.2, 0) is 12.7 Å². The van der Waals surface area contributed by atoms with Crippen molar-refractivity contribution in [2.24, 2.45) is 0 Å². The van der Waals surface area contributed by atoms with Gasteiger partial charge in [-0.2, -0.15) is 13.2 Å². The molecule has 0 bridgehead atoms. The minimum Gasteiger partial charge on any atom is -0.314 e.